The molecule has 5 heterocycles. The summed E-state index contributed by atoms with van der Waals surface area (Å²) in [5.74, 6) is -8.31. The number of allylic oxidation sites excluding steroid dienone is 2. The summed E-state index contributed by atoms with van der Waals surface area (Å²) in [6, 6.07) is 6.48. The molecule has 5 aliphatic heterocycles. The van der Waals surface area contributed by atoms with Crippen molar-refractivity contribution in [3.05, 3.63) is 87.3 Å². The van der Waals surface area contributed by atoms with Gasteiger partial charge in [-0.1, -0.05) is 71.9 Å². The predicted molar refractivity (Wildman–Crippen MR) is 305 cm³/mol. The Balaban J connectivity index is 1.22. The van der Waals surface area contributed by atoms with Crippen molar-refractivity contribution in [1.82, 2.24) is 15.5 Å². The topological polar surface area (TPSA) is 292 Å². The molecule has 83 heavy (non-hydrogen) atoms. The first-order valence-electron chi connectivity index (χ1n) is 28.2. The fourth-order valence-corrected chi connectivity index (χ4v) is 11.5. The molecule has 1 fully saturated rings. The second-order valence-corrected chi connectivity index (χ2v) is 22.8. The fraction of sp³-hybridized carbons (Fsp3) is 0.541. The van der Waals surface area contributed by atoms with Gasteiger partial charge in [0, 0.05) is 114 Å². The Kier molecular flexibility index (Phi) is 20.1. The third kappa shape index (κ3) is 14.2. The van der Waals surface area contributed by atoms with Crippen molar-refractivity contribution < 1.29 is 77.2 Å². The van der Waals surface area contributed by atoms with Gasteiger partial charge in [-0.3, -0.25) is 29.0 Å². The summed E-state index contributed by atoms with van der Waals surface area (Å²) in [5.41, 5.74) is 0.746. The van der Waals surface area contributed by atoms with Crippen LogP contribution in [0.5, 0.6) is 23.0 Å². The number of aromatic hydroxyl groups is 2. The van der Waals surface area contributed by atoms with E-state index in [4.69, 9.17) is 38.2 Å². The Hall–Kier alpha value is -7.40. The zero-order chi connectivity index (χ0) is 60.8. The number of aliphatic hydroxyl groups is 1. The van der Waals surface area contributed by atoms with Gasteiger partial charge in [0.1, 0.15) is 52.4 Å². The number of Topliss-reactive ketones (excluding diaryl/α,β-unsaturated/α-hetero) is 1. The van der Waals surface area contributed by atoms with Crippen molar-refractivity contribution in [2.24, 2.45) is 39.6 Å². The van der Waals surface area contributed by atoms with Crippen LogP contribution >= 0.6 is 0 Å². The van der Waals surface area contributed by atoms with Gasteiger partial charge < -0.3 is 69.3 Å². The van der Waals surface area contributed by atoms with E-state index in [9.17, 15) is 39.3 Å². The van der Waals surface area contributed by atoms with E-state index >= 15 is 4.79 Å². The van der Waals surface area contributed by atoms with Gasteiger partial charge in [-0.2, -0.15) is 0 Å². The SMILES string of the molecule is CO[C@H]1/C(C)=C/O[C@@]2(C)Oc3c(C)c(O)c4c(O)c(c5c(c4c3C2=O)NC2(CCN(CC(C)C)CC2)N=5)=NC(=O)/C(C)=C\C=C\[C@H](C)[C@H](OC(=O)CNCCNC(=O)OCc2ccc(OC(C)=O)cc2)[C@@H](C)[C@@H](O)[C@@H](C)[C@H](OC(C)=O)[C@@H]1C. The molecule has 5 aliphatic rings. The van der Waals surface area contributed by atoms with Crippen LogP contribution in [0.4, 0.5) is 10.5 Å². The number of alkyl carbamates (subject to hydrolysis) is 1. The van der Waals surface area contributed by atoms with Crippen molar-refractivity contribution in [2.75, 3.05) is 51.7 Å². The number of benzene rings is 3. The first-order valence-corrected chi connectivity index (χ1v) is 28.2. The number of phenols is 2. The van der Waals surface area contributed by atoms with E-state index in [0.717, 1.165) is 6.54 Å². The molecule has 1 saturated heterocycles. The number of nitrogens with one attached hydrogen (secondary N) is 3. The summed E-state index contributed by atoms with van der Waals surface area (Å²) in [7, 11) is 1.46. The molecule has 2 amide bonds. The summed E-state index contributed by atoms with van der Waals surface area (Å²) in [4.78, 5) is 91.5. The Bertz CT molecular complexity index is 3200. The Morgan fingerprint density at radius 2 is 1.57 bits per heavy atom. The van der Waals surface area contributed by atoms with Crippen LogP contribution in [-0.4, -0.2) is 138 Å². The molecule has 0 unspecified atom stereocenters. The van der Waals surface area contributed by atoms with Crippen molar-refractivity contribution in [2.45, 2.75) is 138 Å². The standard InChI is InChI=1S/C61H80N6O16/c1-31(2)28-67-25-21-61(22-26-67)65-47-44-45-51(72)37(8)56-46(44)57(74)60(12,83-56)79-29-34(5)53(77-13)38(9)55(81-40(11)69)36(7)50(71)35(6)54(32(3)15-14-16-33(4)58(75)64-49(52(45)73)48(47)66-61)82-43(70)27-62-23-24-63-59(76)78-30-41-17-19-42(20-18-41)80-39(10)68/h14-20,29,31-32,35-36,38,50,53-55,62,65,71-73H,21-28,30H2,1-13H3,(H,63,76)/b15-14+,33-16-,34-29+,64-49?/t32-,35-,36+,38+,50+,53-,54-,55-,60-/m0/s1. The molecule has 22 heteroatoms. The van der Waals surface area contributed by atoms with Gasteiger partial charge in [0.2, 0.25) is 0 Å². The van der Waals surface area contributed by atoms with Crippen molar-refractivity contribution in [3.8, 4) is 23.0 Å². The summed E-state index contributed by atoms with van der Waals surface area (Å²) in [6.45, 7) is 22.2. The number of methoxy groups -OCH3 is 1. The number of anilines is 1. The third-order valence-electron chi connectivity index (χ3n) is 15.8. The van der Waals surface area contributed by atoms with Crippen LogP contribution in [0.1, 0.15) is 110 Å². The lowest BCUT2D eigenvalue weighted by Crippen LogP contribution is -2.48. The van der Waals surface area contributed by atoms with Crippen LogP contribution < -0.4 is 36.1 Å². The molecule has 450 valence electrons. The molecular weight excluding hydrogens is 1070 g/mol. The third-order valence-corrected chi connectivity index (χ3v) is 15.8. The lowest BCUT2D eigenvalue weighted by Gasteiger charge is -2.39. The molecule has 5 bridgehead atoms. The quantitative estimate of drug-likeness (QED) is 0.0369. The lowest BCUT2D eigenvalue weighted by molar-refractivity contribution is -0.165. The van der Waals surface area contributed by atoms with Crippen LogP contribution in [0.2, 0.25) is 0 Å². The Labute approximate surface area is 483 Å². The zero-order valence-corrected chi connectivity index (χ0v) is 49.7. The second-order valence-electron chi connectivity index (χ2n) is 22.8. The number of hydrogen-bond acceptors (Lipinski definition) is 20. The highest BCUT2D eigenvalue weighted by atomic mass is 16.7. The minimum absolute atomic E-state index is 0.0197. The normalized spacial score (nSPS) is 27.2. The minimum atomic E-state index is -2.03. The number of amides is 2. The van der Waals surface area contributed by atoms with E-state index < -0.39 is 107 Å². The van der Waals surface area contributed by atoms with Gasteiger partial charge in [0.15, 0.2) is 5.75 Å². The number of fused-ring (bicyclic) bond motifs is 13. The first kappa shape index (κ1) is 63.2. The molecule has 22 nitrogen and oxygen atoms in total. The van der Waals surface area contributed by atoms with E-state index in [1.54, 1.807) is 78.0 Å². The number of ketones is 1. The van der Waals surface area contributed by atoms with Crippen molar-refractivity contribution in [1.29, 1.82) is 0 Å². The van der Waals surface area contributed by atoms with E-state index in [-0.39, 0.29) is 75.9 Å². The number of carbonyl (C=O) groups is 6. The number of carbonyl (C=O) groups excluding carboxylic acids is 6. The van der Waals surface area contributed by atoms with Crippen LogP contribution in [0, 0.1) is 36.5 Å². The maximum absolute atomic E-state index is 15.0. The van der Waals surface area contributed by atoms with Gasteiger partial charge in [-0.15, -0.1) is 0 Å². The minimum Gasteiger partial charge on any atom is -0.507 e. The maximum Gasteiger partial charge on any atom is 0.407 e. The average Bonchev–Trinajstić information content (AvgIpc) is 1.80. The van der Waals surface area contributed by atoms with Crippen molar-refractivity contribution in [3.63, 3.8) is 0 Å². The summed E-state index contributed by atoms with van der Waals surface area (Å²) >= 11 is 0. The maximum atomic E-state index is 15.0. The molecule has 3 aromatic carbocycles. The molecule has 0 radical (unpaired) electrons. The molecule has 0 aromatic heterocycles. The number of likely N-dealkylation sites (tertiary alicyclic amines) is 1. The van der Waals surface area contributed by atoms with Gasteiger partial charge in [0.05, 0.1) is 41.7 Å². The molecule has 6 N–H and O–H groups in total. The fourth-order valence-electron chi connectivity index (χ4n) is 11.5. The van der Waals surface area contributed by atoms with E-state index in [0.29, 0.717) is 48.7 Å². The highest BCUT2D eigenvalue weighted by Gasteiger charge is 2.51. The highest BCUT2D eigenvalue weighted by Crippen LogP contribution is 2.51. The average molecular weight is 1150 g/mol. The van der Waals surface area contributed by atoms with E-state index in [2.05, 4.69) is 39.7 Å². The van der Waals surface area contributed by atoms with E-state index in [1.807, 2.05) is 0 Å². The summed E-state index contributed by atoms with van der Waals surface area (Å²) in [6.07, 6.45) is 2.35. The van der Waals surface area contributed by atoms with Crippen molar-refractivity contribution >= 4 is 52.2 Å². The van der Waals surface area contributed by atoms with Crippen LogP contribution in [0.15, 0.2) is 69.9 Å². The predicted octanol–water partition coefficient (Wildman–Crippen LogP) is 6.13. The smallest absolute Gasteiger partial charge is 0.407 e. The Morgan fingerprint density at radius 1 is 0.892 bits per heavy atom. The number of aliphatic hydroxyl groups excluding tert-OH is 1. The van der Waals surface area contributed by atoms with Crippen LogP contribution in [-0.2, 0) is 49.5 Å². The number of phenolic OH excluding ortho intramolecular Hbond substituents is 2. The Morgan fingerprint density at radius 3 is 2.20 bits per heavy atom. The number of piperidine rings is 1. The van der Waals surface area contributed by atoms with Gasteiger partial charge >= 0.3 is 29.8 Å². The number of ether oxygens (including phenoxy) is 7. The second kappa shape index (κ2) is 26.5. The molecule has 0 aliphatic carbocycles. The summed E-state index contributed by atoms with van der Waals surface area (Å²) < 4.78 is 41.2. The van der Waals surface area contributed by atoms with E-state index in [1.165, 1.54) is 47.1 Å². The highest BCUT2D eigenvalue weighted by molar-refractivity contribution is 6.21. The van der Waals surface area contributed by atoms with Gasteiger partial charge in [-0.25, -0.2) is 9.79 Å². The number of esters is 3. The summed E-state index contributed by atoms with van der Waals surface area (Å²) in [5, 5.41) is 45.7. The zero-order valence-electron chi connectivity index (χ0n) is 49.7. The monoisotopic (exact) mass is 1150 g/mol. The van der Waals surface area contributed by atoms with Gasteiger partial charge in [-0.05, 0) is 50.0 Å². The largest absolute Gasteiger partial charge is 0.507 e. The molecule has 8 rings (SSSR count). The lowest BCUT2D eigenvalue weighted by atomic mass is 9.77. The first-order chi connectivity index (χ1) is 39.2. The molecule has 3 aromatic rings. The number of rotatable bonds is 13. The molecule has 0 saturated carbocycles. The number of nitrogens with zero attached hydrogens (tertiary/aromatic N) is 3. The molecule has 9 atom stereocenters. The van der Waals surface area contributed by atoms with Crippen LogP contribution in [0.25, 0.3) is 10.8 Å². The molecule has 1 spiro atoms. The number of hydrogen-bond donors (Lipinski definition) is 6. The van der Waals surface area contributed by atoms with Crippen LogP contribution in [0.3, 0.4) is 0 Å². The molecular formula is C61H80N6O16. The van der Waals surface area contributed by atoms with Gasteiger partial charge in [0.25, 0.3) is 11.7 Å².